The summed E-state index contributed by atoms with van der Waals surface area (Å²) in [7, 11) is 3.39. The number of hydrogen-bond acceptors (Lipinski definition) is 4. The normalized spacial score (nSPS) is 15.3. The lowest BCUT2D eigenvalue weighted by molar-refractivity contribution is -0.135. The summed E-state index contributed by atoms with van der Waals surface area (Å²) in [5.41, 5.74) is 4.16. The average Bonchev–Trinajstić information content (AvgIpc) is 3.32. The van der Waals surface area contributed by atoms with E-state index in [1.165, 1.54) is 6.26 Å². The Bertz CT molecular complexity index is 1090. The number of nitrogens with zero attached hydrogens (tertiary/aromatic N) is 2. The minimum Gasteiger partial charge on any atom is -0.496 e. The Morgan fingerprint density at radius 2 is 1.90 bits per heavy atom. The molecule has 1 atom stereocenters. The largest absolute Gasteiger partial charge is 0.496 e. The molecule has 0 radical (unpaired) electrons. The number of fused-ring (bicyclic) bond motifs is 1. The van der Waals surface area contributed by atoms with Crippen LogP contribution in [0.4, 0.5) is 0 Å². The first kappa shape index (κ1) is 20.7. The van der Waals surface area contributed by atoms with Gasteiger partial charge in [0, 0.05) is 32.1 Å². The van der Waals surface area contributed by atoms with Gasteiger partial charge in [0.1, 0.15) is 11.8 Å². The van der Waals surface area contributed by atoms with Gasteiger partial charge >= 0.3 is 0 Å². The minimum absolute atomic E-state index is 0.113. The minimum atomic E-state index is -0.603. The summed E-state index contributed by atoms with van der Waals surface area (Å²) in [5, 5.41) is 0. The summed E-state index contributed by atoms with van der Waals surface area (Å²) in [6.45, 7) is 2.77. The van der Waals surface area contributed by atoms with E-state index in [0.29, 0.717) is 19.5 Å². The fourth-order valence-electron chi connectivity index (χ4n) is 4.12. The Balaban J connectivity index is 1.62. The number of methoxy groups -OCH3 is 1. The zero-order valence-electron chi connectivity index (χ0n) is 18.0. The van der Waals surface area contributed by atoms with Crippen LogP contribution in [0.25, 0.3) is 0 Å². The summed E-state index contributed by atoms with van der Waals surface area (Å²) in [4.78, 5) is 30.0. The van der Waals surface area contributed by atoms with Gasteiger partial charge in [0.15, 0.2) is 5.76 Å². The molecule has 1 aliphatic heterocycles. The number of hydrogen-bond donors (Lipinski definition) is 0. The molecule has 3 aromatic rings. The molecule has 0 fully saturated rings. The van der Waals surface area contributed by atoms with Crippen LogP contribution in [0.5, 0.6) is 5.75 Å². The number of likely N-dealkylation sites (N-methyl/N-ethyl adjacent to an activating group) is 1. The third-order valence-corrected chi connectivity index (χ3v) is 5.75. The highest BCUT2D eigenvalue weighted by Crippen LogP contribution is 2.27. The molecule has 2 aromatic carbocycles. The van der Waals surface area contributed by atoms with Crippen molar-refractivity contribution in [1.82, 2.24) is 9.80 Å². The molecule has 1 aromatic heterocycles. The molecule has 6 heteroatoms. The van der Waals surface area contributed by atoms with Crippen LogP contribution in [0.15, 0.2) is 65.3 Å². The molecule has 1 aliphatic rings. The zero-order valence-corrected chi connectivity index (χ0v) is 18.0. The van der Waals surface area contributed by atoms with Crippen LogP contribution in [0, 0.1) is 6.92 Å². The van der Waals surface area contributed by atoms with E-state index in [0.717, 1.165) is 28.0 Å². The standard InChI is InChI=1S/C25H26N2O4/c1-17-10-11-22(30-3)20(13-17)15-26(2)24(28)21-14-18-7-4-5-8-19(18)16-27(21)25(29)23-9-6-12-31-23/h4-13,21H,14-16H2,1-3H3. The SMILES string of the molecule is COc1ccc(C)cc1CN(C)C(=O)C1Cc2ccccc2CN1C(=O)c1ccco1. The predicted octanol–water partition coefficient (Wildman–Crippen LogP) is 3.82. The van der Waals surface area contributed by atoms with Crippen molar-refractivity contribution in [3.8, 4) is 5.75 Å². The first-order valence-corrected chi connectivity index (χ1v) is 10.3. The maximum Gasteiger partial charge on any atom is 0.290 e. The number of amides is 2. The summed E-state index contributed by atoms with van der Waals surface area (Å²) in [6.07, 6.45) is 1.94. The van der Waals surface area contributed by atoms with E-state index in [1.54, 1.807) is 36.1 Å². The van der Waals surface area contributed by atoms with Crippen LogP contribution in [0.1, 0.15) is 32.8 Å². The Hall–Kier alpha value is -3.54. The lowest BCUT2D eigenvalue weighted by Crippen LogP contribution is -2.52. The van der Waals surface area contributed by atoms with E-state index in [4.69, 9.17) is 9.15 Å². The molecule has 2 amide bonds. The topological polar surface area (TPSA) is 63.0 Å². The fraction of sp³-hybridized carbons (Fsp3) is 0.280. The van der Waals surface area contributed by atoms with E-state index in [-0.39, 0.29) is 17.6 Å². The third kappa shape index (κ3) is 4.19. The number of carbonyl (C=O) groups is 2. The maximum absolute atomic E-state index is 13.5. The van der Waals surface area contributed by atoms with Gasteiger partial charge < -0.3 is 19.0 Å². The monoisotopic (exact) mass is 418 g/mol. The first-order valence-electron chi connectivity index (χ1n) is 10.3. The molecule has 1 unspecified atom stereocenters. The molecular weight excluding hydrogens is 392 g/mol. The van der Waals surface area contributed by atoms with E-state index >= 15 is 0 Å². The van der Waals surface area contributed by atoms with Gasteiger partial charge in [0.05, 0.1) is 13.4 Å². The van der Waals surface area contributed by atoms with Gasteiger partial charge in [-0.3, -0.25) is 9.59 Å². The number of ether oxygens (including phenoxy) is 1. The van der Waals surface area contributed by atoms with E-state index in [9.17, 15) is 9.59 Å². The Morgan fingerprint density at radius 1 is 1.13 bits per heavy atom. The molecule has 4 rings (SSSR count). The van der Waals surface area contributed by atoms with Gasteiger partial charge in [-0.2, -0.15) is 0 Å². The van der Waals surface area contributed by atoms with Crippen LogP contribution in [0.3, 0.4) is 0 Å². The van der Waals surface area contributed by atoms with Crippen LogP contribution >= 0.6 is 0 Å². The molecule has 31 heavy (non-hydrogen) atoms. The lowest BCUT2D eigenvalue weighted by atomic mass is 9.92. The number of furan rings is 1. The third-order valence-electron chi connectivity index (χ3n) is 5.75. The molecule has 0 bridgehead atoms. The van der Waals surface area contributed by atoms with E-state index in [1.807, 2.05) is 49.4 Å². The van der Waals surface area contributed by atoms with Crippen molar-refractivity contribution < 1.29 is 18.7 Å². The Labute approximate surface area is 182 Å². The molecule has 0 spiro atoms. The predicted molar refractivity (Wildman–Crippen MR) is 117 cm³/mol. The highest BCUT2D eigenvalue weighted by Gasteiger charge is 2.37. The van der Waals surface area contributed by atoms with Crippen molar-refractivity contribution in [2.75, 3.05) is 14.2 Å². The summed E-state index contributed by atoms with van der Waals surface area (Å²) < 4.78 is 10.8. The van der Waals surface area contributed by atoms with Crippen molar-refractivity contribution >= 4 is 11.8 Å². The molecule has 6 nitrogen and oxygen atoms in total. The highest BCUT2D eigenvalue weighted by atomic mass is 16.5. The molecule has 160 valence electrons. The lowest BCUT2D eigenvalue weighted by Gasteiger charge is -2.37. The molecule has 0 N–H and O–H groups in total. The molecule has 0 saturated carbocycles. The number of rotatable bonds is 5. The van der Waals surface area contributed by atoms with Crippen LogP contribution in [-0.2, 0) is 24.3 Å². The second kappa shape index (κ2) is 8.68. The highest BCUT2D eigenvalue weighted by molar-refractivity contribution is 5.96. The molecular formula is C25H26N2O4. The fourth-order valence-corrected chi connectivity index (χ4v) is 4.12. The van der Waals surface area contributed by atoms with Crippen molar-refractivity contribution in [3.63, 3.8) is 0 Å². The Kier molecular flexibility index (Phi) is 5.80. The van der Waals surface area contributed by atoms with Gasteiger partial charge in [-0.1, -0.05) is 42.0 Å². The van der Waals surface area contributed by atoms with Crippen LogP contribution < -0.4 is 4.74 Å². The summed E-state index contributed by atoms with van der Waals surface area (Å²) >= 11 is 0. The number of benzene rings is 2. The van der Waals surface area contributed by atoms with Crippen molar-refractivity contribution in [3.05, 3.63) is 88.9 Å². The molecule has 2 heterocycles. The summed E-state index contributed by atoms with van der Waals surface area (Å²) in [6, 6.07) is 16.5. The number of carbonyl (C=O) groups excluding carboxylic acids is 2. The first-order chi connectivity index (χ1) is 15.0. The molecule has 0 saturated heterocycles. The van der Waals surface area contributed by atoms with Gasteiger partial charge in [-0.25, -0.2) is 0 Å². The zero-order chi connectivity index (χ0) is 22.0. The Morgan fingerprint density at radius 3 is 2.61 bits per heavy atom. The van der Waals surface area contributed by atoms with Crippen molar-refractivity contribution in [2.45, 2.75) is 32.5 Å². The van der Waals surface area contributed by atoms with Gasteiger partial charge in [0.25, 0.3) is 5.91 Å². The second-order valence-corrected chi connectivity index (χ2v) is 7.91. The maximum atomic E-state index is 13.5. The van der Waals surface area contributed by atoms with Crippen molar-refractivity contribution in [2.24, 2.45) is 0 Å². The van der Waals surface area contributed by atoms with E-state index < -0.39 is 6.04 Å². The van der Waals surface area contributed by atoms with Crippen LogP contribution in [0.2, 0.25) is 0 Å². The average molecular weight is 418 g/mol. The summed E-state index contributed by atoms with van der Waals surface area (Å²) in [5.74, 6) is 0.584. The van der Waals surface area contributed by atoms with Gasteiger partial charge in [-0.05, 0) is 36.2 Å². The van der Waals surface area contributed by atoms with Crippen molar-refractivity contribution in [1.29, 1.82) is 0 Å². The second-order valence-electron chi connectivity index (χ2n) is 7.91. The smallest absolute Gasteiger partial charge is 0.290 e. The quantitative estimate of drug-likeness (QED) is 0.632. The van der Waals surface area contributed by atoms with Crippen LogP contribution in [-0.4, -0.2) is 41.8 Å². The van der Waals surface area contributed by atoms with Gasteiger partial charge in [-0.15, -0.1) is 0 Å². The number of aryl methyl sites for hydroxylation is 1. The molecule has 0 aliphatic carbocycles. The van der Waals surface area contributed by atoms with E-state index in [2.05, 4.69) is 0 Å². The van der Waals surface area contributed by atoms with Gasteiger partial charge in [0.2, 0.25) is 5.91 Å².